The molecule has 124 valence electrons. The van der Waals surface area contributed by atoms with Crippen molar-refractivity contribution in [1.29, 1.82) is 0 Å². The standard InChI is InChI=1S/C17H24N4O2/c1-13-5-4-7-18-16(13)9-14(2)20(3)11-15-10-19-21(12-15)8-6-17(22)23/h4-5,7,10,12,14H,6,8-9,11H2,1-3H3,(H,22,23). The summed E-state index contributed by atoms with van der Waals surface area (Å²) in [4.78, 5) is 17.3. The van der Waals surface area contributed by atoms with Gasteiger partial charge in [0, 0.05) is 42.7 Å². The fraction of sp³-hybridized carbons (Fsp3) is 0.471. The number of aryl methyl sites for hydroxylation is 2. The first-order valence-electron chi connectivity index (χ1n) is 7.79. The van der Waals surface area contributed by atoms with Crippen LogP contribution >= 0.6 is 0 Å². The Morgan fingerprint density at radius 3 is 2.96 bits per heavy atom. The number of carboxylic acids is 1. The van der Waals surface area contributed by atoms with E-state index in [1.54, 1.807) is 10.9 Å². The van der Waals surface area contributed by atoms with Gasteiger partial charge >= 0.3 is 5.97 Å². The lowest BCUT2D eigenvalue weighted by molar-refractivity contribution is -0.137. The molecule has 23 heavy (non-hydrogen) atoms. The van der Waals surface area contributed by atoms with Crippen LogP contribution in [0, 0.1) is 6.92 Å². The SMILES string of the molecule is Cc1cccnc1CC(C)N(C)Cc1cnn(CCC(=O)O)c1. The number of pyridine rings is 1. The zero-order valence-electron chi connectivity index (χ0n) is 13.9. The highest BCUT2D eigenvalue weighted by Crippen LogP contribution is 2.12. The second-order valence-corrected chi connectivity index (χ2v) is 5.99. The van der Waals surface area contributed by atoms with Crippen LogP contribution in [0.2, 0.25) is 0 Å². The normalized spacial score (nSPS) is 12.5. The van der Waals surface area contributed by atoms with Gasteiger partial charge in [0.15, 0.2) is 0 Å². The zero-order chi connectivity index (χ0) is 16.8. The first kappa shape index (κ1) is 17.1. The van der Waals surface area contributed by atoms with E-state index >= 15 is 0 Å². The quantitative estimate of drug-likeness (QED) is 0.808. The van der Waals surface area contributed by atoms with E-state index in [0.29, 0.717) is 12.6 Å². The van der Waals surface area contributed by atoms with Gasteiger partial charge in [0.1, 0.15) is 0 Å². The fourth-order valence-electron chi connectivity index (χ4n) is 2.43. The molecule has 0 aliphatic carbocycles. The van der Waals surface area contributed by atoms with Gasteiger partial charge in [0.2, 0.25) is 0 Å². The predicted octanol–water partition coefficient (Wildman–Crippen LogP) is 2.12. The van der Waals surface area contributed by atoms with Crippen LogP contribution in [0.3, 0.4) is 0 Å². The topological polar surface area (TPSA) is 71.2 Å². The van der Waals surface area contributed by atoms with Crippen LogP contribution in [-0.4, -0.2) is 43.8 Å². The average molecular weight is 316 g/mol. The number of carboxylic acid groups (broad SMARTS) is 1. The summed E-state index contributed by atoms with van der Waals surface area (Å²) in [6.45, 7) is 5.45. The smallest absolute Gasteiger partial charge is 0.305 e. The van der Waals surface area contributed by atoms with Gasteiger partial charge in [-0.05, 0) is 32.5 Å². The van der Waals surface area contributed by atoms with Gasteiger partial charge in [-0.2, -0.15) is 5.10 Å². The lowest BCUT2D eigenvalue weighted by atomic mass is 10.1. The molecule has 1 N–H and O–H groups in total. The van der Waals surface area contributed by atoms with Crippen LogP contribution in [0.1, 0.15) is 30.2 Å². The molecule has 0 bridgehead atoms. The minimum Gasteiger partial charge on any atom is -0.481 e. The predicted molar refractivity (Wildman–Crippen MR) is 88.1 cm³/mol. The molecule has 0 aromatic carbocycles. The van der Waals surface area contributed by atoms with E-state index in [9.17, 15) is 4.79 Å². The Morgan fingerprint density at radius 1 is 1.48 bits per heavy atom. The summed E-state index contributed by atoms with van der Waals surface area (Å²) >= 11 is 0. The van der Waals surface area contributed by atoms with Crippen molar-refractivity contribution in [2.75, 3.05) is 7.05 Å². The Balaban J connectivity index is 1.89. The summed E-state index contributed by atoms with van der Waals surface area (Å²) in [5.41, 5.74) is 3.43. The Kier molecular flexibility index (Phi) is 5.87. The molecule has 1 unspecified atom stereocenters. The number of carbonyl (C=O) groups is 1. The van der Waals surface area contributed by atoms with Crippen LogP contribution in [0.4, 0.5) is 0 Å². The maximum absolute atomic E-state index is 10.6. The molecule has 6 heteroatoms. The first-order valence-corrected chi connectivity index (χ1v) is 7.79. The lowest BCUT2D eigenvalue weighted by Gasteiger charge is -2.24. The Hall–Kier alpha value is -2.21. The molecule has 0 spiro atoms. The van der Waals surface area contributed by atoms with Crippen molar-refractivity contribution in [3.8, 4) is 0 Å². The van der Waals surface area contributed by atoms with Crippen LogP contribution in [0.15, 0.2) is 30.7 Å². The molecule has 2 aromatic rings. The molecule has 0 fully saturated rings. The summed E-state index contributed by atoms with van der Waals surface area (Å²) in [7, 11) is 2.08. The molecule has 0 saturated heterocycles. The molecule has 0 saturated carbocycles. The summed E-state index contributed by atoms with van der Waals surface area (Å²) in [6, 6.07) is 4.39. The van der Waals surface area contributed by atoms with Crippen molar-refractivity contribution in [2.24, 2.45) is 0 Å². The van der Waals surface area contributed by atoms with Crippen molar-refractivity contribution in [3.63, 3.8) is 0 Å². The van der Waals surface area contributed by atoms with Crippen molar-refractivity contribution in [2.45, 2.75) is 45.8 Å². The molecule has 0 radical (unpaired) electrons. The second-order valence-electron chi connectivity index (χ2n) is 5.99. The van der Waals surface area contributed by atoms with E-state index in [1.807, 2.05) is 18.5 Å². The van der Waals surface area contributed by atoms with Crippen LogP contribution in [0.5, 0.6) is 0 Å². The van der Waals surface area contributed by atoms with Gasteiger partial charge in [0.25, 0.3) is 0 Å². The van der Waals surface area contributed by atoms with Gasteiger partial charge < -0.3 is 5.11 Å². The van der Waals surface area contributed by atoms with Crippen LogP contribution in [0.25, 0.3) is 0 Å². The molecule has 6 nitrogen and oxygen atoms in total. The second kappa shape index (κ2) is 7.87. The molecule has 2 heterocycles. The third-order valence-corrected chi connectivity index (χ3v) is 4.03. The van der Waals surface area contributed by atoms with Gasteiger partial charge in [-0.25, -0.2) is 0 Å². The van der Waals surface area contributed by atoms with Gasteiger partial charge in [0.05, 0.1) is 19.2 Å². The minimum atomic E-state index is -0.807. The summed E-state index contributed by atoms with van der Waals surface area (Å²) in [5.74, 6) is -0.807. The highest BCUT2D eigenvalue weighted by atomic mass is 16.4. The third kappa shape index (κ3) is 5.17. The Morgan fingerprint density at radius 2 is 2.26 bits per heavy atom. The minimum absolute atomic E-state index is 0.0896. The van der Waals surface area contributed by atoms with Crippen LogP contribution < -0.4 is 0 Å². The lowest BCUT2D eigenvalue weighted by Crippen LogP contribution is -2.30. The van der Waals surface area contributed by atoms with Crippen molar-refractivity contribution in [3.05, 3.63) is 47.5 Å². The van der Waals surface area contributed by atoms with E-state index in [1.165, 1.54) is 5.56 Å². The molecular formula is C17H24N4O2. The van der Waals surface area contributed by atoms with E-state index in [2.05, 4.69) is 41.9 Å². The average Bonchev–Trinajstić information content (AvgIpc) is 2.95. The Labute approximate surface area is 136 Å². The molecule has 1 atom stereocenters. The maximum atomic E-state index is 10.6. The van der Waals surface area contributed by atoms with Crippen molar-refractivity contribution < 1.29 is 9.90 Å². The molecule has 2 aromatic heterocycles. The maximum Gasteiger partial charge on any atom is 0.305 e. The number of likely N-dealkylation sites (N-methyl/N-ethyl adjacent to an activating group) is 1. The summed E-state index contributed by atoms with van der Waals surface area (Å²) in [6.07, 6.45) is 6.54. The number of rotatable bonds is 8. The van der Waals surface area contributed by atoms with E-state index < -0.39 is 5.97 Å². The summed E-state index contributed by atoms with van der Waals surface area (Å²) < 4.78 is 1.69. The van der Waals surface area contributed by atoms with E-state index in [0.717, 1.165) is 24.2 Å². The fourth-order valence-corrected chi connectivity index (χ4v) is 2.43. The zero-order valence-corrected chi connectivity index (χ0v) is 13.9. The number of nitrogens with zero attached hydrogens (tertiary/aromatic N) is 4. The molecule has 0 amide bonds. The molecule has 0 aliphatic rings. The van der Waals surface area contributed by atoms with Gasteiger partial charge in [-0.1, -0.05) is 6.07 Å². The highest BCUT2D eigenvalue weighted by molar-refractivity contribution is 5.66. The van der Waals surface area contributed by atoms with Gasteiger partial charge in [-0.3, -0.25) is 19.4 Å². The molecule has 0 aliphatic heterocycles. The molecular weight excluding hydrogens is 292 g/mol. The van der Waals surface area contributed by atoms with Crippen LogP contribution in [-0.2, 0) is 24.3 Å². The van der Waals surface area contributed by atoms with E-state index in [4.69, 9.17) is 5.11 Å². The number of hydrogen-bond acceptors (Lipinski definition) is 4. The number of hydrogen-bond donors (Lipinski definition) is 1. The third-order valence-electron chi connectivity index (χ3n) is 4.03. The highest BCUT2D eigenvalue weighted by Gasteiger charge is 2.13. The number of aliphatic carboxylic acids is 1. The van der Waals surface area contributed by atoms with E-state index in [-0.39, 0.29) is 6.42 Å². The number of aromatic nitrogens is 3. The monoisotopic (exact) mass is 316 g/mol. The molecule has 2 rings (SSSR count). The van der Waals surface area contributed by atoms with Gasteiger partial charge in [-0.15, -0.1) is 0 Å². The Bertz CT molecular complexity index is 654. The van der Waals surface area contributed by atoms with Crippen molar-refractivity contribution in [1.82, 2.24) is 19.7 Å². The van der Waals surface area contributed by atoms with Crippen molar-refractivity contribution >= 4 is 5.97 Å². The largest absolute Gasteiger partial charge is 0.481 e. The summed E-state index contributed by atoms with van der Waals surface area (Å²) in [5, 5.41) is 12.9. The first-order chi connectivity index (χ1) is 11.0.